The number of ether oxygens (including phenoxy) is 2. The van der Waals surface area contributed by atoms with Crippen molar-refractivity contribution in [1.29, 1.82) is 0 Å². The first-order valence-corrected chi connectivity index (χ1v) is 17.1. The van der Waals surface area contributed by atoms with Gasteiger partial charge in [-0.1, -0.05) is 118 Å². The van der Waals surface area contributed by atoms with Crippen LogP contribution in [0.25, 0.3) is 22.3 Å². The van der Waals surface area contributed by atoms with E-state index >= 15 is 0 Å². The standard InChI is InChI=1S/C43H50O4/c1-6-8-9-10-38-21-22-41(27-37(38)7-2)42-24-23-40(25-32(42)5)39-19-17-34(18-20-39)12-11-33-13-15-35(16-14-33)26-36(28-46-30-44)29-47-43(45)31(3)4/h13-25,27,30,36H,3,6-12,26,28-29H2,1-2,4-5H3. The van der Waals surface area contributed by atoms with Gasteiger partial charge in [0.25, 0.3) is 6.47 Å². The van der Waals surface area contributed by atoms with Crippen LogP contribution in [-0.4, -0.2) is 25.7 Å². The average molecular weight is 631 g/mol. The second-order valence-corrected chi connectivity index (χ2v) is 12.7. The Hall–Kier alpha value is -4.44. The third-order valence-corrected chi connectivity index (χ3v) is 8.91. The van der Waals surface area contributed by atoms with Crippen LogP contribution in [0.3, 0.4) is 0 Å². The van der Waals surface area contributed by atoms with Crippen molar-refractivity contribution in [2.75, 3.05) is 13.2 Å². The number of rotatable bonds is 18. The van der Waals surface area contributed by atoms with Gasteiger partial charge in [0.1, 0.15) is 0 Å². The molecule has 4 aromatic carbocycles. The molecule has 0 N–H and O–H groups in total. The fourth-order valence-corrected chi connectivity index (χ4v) is 6.09. The van der Waals surface area contributed by atoms with Gasteiger partial charge in [-0.2, -0.15) is 0 Å². The molecule has 0 saturated heterocycles. The lowest BCUT2D eigenvalue weighted by atomic mass is 9.91. The Balaban J connectivity index is 1.34. The molecular weight excluding hydrogens is 580 g/mol. The summed E-state index contributed by atoms with van der Waals surface area (Å²) in [5, 5.41) is 0. The number of aryl methyl sites for hydroxylation is 5. The Morgan fingerprint density at radius 1 is 0.745 bits per heavy atom. The van der Waals surface area contributed by atoms with Crippen molar-refractivity contribution in [2.24, 2.45) is 5.92 Å². The summed E-state index contributed by atoms with van der Waals surface area (Å²) in [5.74, 6) is -0.550. The number of carbonyl (C=O) groups excluding carboxylic acids is 2. The van der Waals surface area contributed by atoms with Crippen molar-refractivity contribution in [1.82, 2.24) is 0 Å². The van der Waals surface area contributed by atoms with Crippen LogP contribution in [-0.2, 0) is 51.2 Å². The lowest BCUT2D eigenvalue weighted by Crippen LogP contribution is -2.21. The van der Waals surface area contributed by atoms with Gasteiger partial charge in [0.2, 0.25) is 0 Å². The van der Waals surface area contributed by atoms with E-state index in [-0.39, 0.29) is 19.1 Å². The van der Waals surface area contributed by atoms with Gasteiger partial charge < -0.3 is 9.47 Å². The molecule has 0 aliphatic heterocycles. The number of benzene rings is 4. The minimum absolute atomic E-state index is 0.117. The van der Waals surface area contributed by atoms with E-state index in [0.717, 1.165) is 24.8 Å². The topological polar surface area (TPSA) is 52.6 Å². The highest BCUT2D eigenvalue weighted by Crippen LogP contribution is 2.31. The molecule has 246 valence electrons. The highest BCUT2D eigenvalue weighted by Gasteiger charge is 2.15. The summed E-state index contributed by atoms with van der Waals surface area (Å²) in [6.07, 6.45) is 8.61. The van der Waals surface area contributed by atoms with Crippen LogP contribution in [0, 0.1) is 12.8 Å². The molecule has 4 aromatic rings. The second kappa shape index (κ2) is 18.0. The zero-order chi connectivity index (χ0) is 33.6. The molecule has 1 atom stereocenters. The molecule has 1 unspecified atom stereocenters. The maximum atomic E-state index is 11.8. The molecule has 0 heterocycles. The molecule has 47 heavy (non-hydrogen) atoms. The maximum Gasteiger partial charge on any atom is 0.333 e. The van der Waals surface area contributed by atoms with E-state index in [1.165, 1.54) is 75.8 Å². The number of carbonyl (C=O) groups is 2. The maximum absolute atomic E-state index is 11.8. The van der Waals surface area contributed by atoms with Crippen molar-refractivity contribution in [2.45, 2.75) is 79.1 Å². The van der Waals surface area contributed by atoms with Crippen molar-refractivity contribution in [3.8, 4) is 22.3 Å². The van der Waals surface area contributed by atoms with Gasteiger partial charge >= 0.3 is 5.97 Å². The first kappa shape index (κ1) is 35.4. The molecule has 0 aliphatic carbocycles. The summed E-state index contributed by atoms with van der Waals surface area (Å²) in [4.78, 5) is 22.5. The minimum atomic E-state index is -0.433. The normalized spacial score (nSPS) is 11.6. The van der Waals surface area contributed by atoms with E-state index in [9.17, 15) is 9.59 Å². The highest BCUT2D eigenvalue weighted by molar-refractivity contribution is 5.86. The summed E-state index contributed by atoms with van der Waals surface area (Å²) >= 11 is 0. The third kappa shape index (κ3) is 10.5. The largest absolute Gasteiger partial charge is 0.467 e. The van der Waals surface area contributed by atoms with E-state index < -0.39 is 5.97 Å². The quantitative estimate of drug-likeness (QED) is 0.0475. The molecule has 0 radical (unpaired) electrons. The van der Waals surface area contributed by atoms with Gasteiger partial charge in [-0.15, -0.1) is 0 Å². The van der Waals surface area contributed by atoms with Crippen LogP contribution in [0.15, 0.2) is 97.1 Å². The summed E-state index contributed by atoms with van der Waals surface area (Å²) in [6.45, 7) is 12.8. The van der Waals surface area contributed by atoms with Gasteiger partial charge in [0.05, 0.1) is 13.2 Å². The van der Waals surface area contributed by atoms with E-state index in [2.05, 4.69) is 112 Å². The highest BCUT2D eigenvalue weighted by atomic mass is 16.5. The molecule has 0 fully saturated rings. The van der Waals surface area contributed by atoms with Gasteiger partial charge in [-0.05, 0) is 108 Å². The van der Waals surface area contributed by atoms with Gasteiger partial charge in [-0.3, -0.25) is 4.79 Å². The molecule has 0 aromatic heterocycles. The van der Waals surface area contributed by atoms with Gasteiger partial charge in [-0.25, -0.2) is 4.79 Å². The summed E-state index contributed by atoms with van der Waals surface area (Å²) in [5.41, 5.74) is 13.4. The molecule has 0 amide bonds. The molecule has 0 saturated carbocycles. The Morgan fingerprint density at radius 2 is 1.38 bits per heavy atom. The van der Waals surface area contributed by atoms with Gasteiger partial charge in [0.15, 0.2) is 0 Å². The van der Waals surface area contributed by atoms with E-state index in [0.29, 0.717) is 18.5 Å². The average Bonchev–Trinajstić information content (AvgIpc) is 3.09. The lowest BCUT2D eigenvalue weighted by molar-refractivity contribution is -0.141. The predicted molar refractivity (Wildman–Crippen MR) is 193 cm³/mol. The molecule has 0 spiro atoms. The Bertz CT molecular complexity index is 1620. The number of hydrogen-bond acceptors (Lipinski definition) is 4. The first-order valence-electron chi connectivity index (χ1n) is 17.1. The van der Waals surface area contributed by atoms with Crippen LogP contribution in [0.1, 0.15) is 73.4 Å². The Labute approximate surface area is 281 Å². The fourth-order valence-electron chi connectivity index (χ4n) is 6.09. The van der Waals surface area contributed by atoms with E-state index in [1.807, 2.05) is 0 Å². The Kier molecular flexibility index (Phi) is 13.6. The van der Waals surface area contributed by atoms with Crippen LogP contribution >= 0.6 is 0 Å². The van der Waals surface area contributed by atoms with Crippen LogP contribution < -0.4 is 0 Å². The van der Waals surface area contributed by atoms with Crippen molar-refractivity contribution >= 4 is 12.4 Å². The number of hydrogen-bond donors (Lipinski definition) is 0. The Morgan fingerprint density at radius 3 is 2.00 bits per heavy atom. The molecule has 4 rings (SSSR count). The second-order valence-electron chi connectivity index (χ2n) is 12.7. The lowest BCUT2D eigenvalue weighted by Gasteiger charge is -2.16. The van der Waals surface area contributed by atoms with Crippen LogP contribution in [0.5, 0.6) is 0 Å². The minimum Gasteiger partial charge on any atom is -0.467 e. The van der Waals surface area contributed by atoms with Crippen molar-refractivity contribution in [3.05, 3.63) is 130 Å². The first-order chi connectivity index (χ1) is 22.8. The zero-order valence-electron chi connectivity index (χ0n) is 28.6. The zero-order valence-corrected chi connectivity index (χ0v) is 28.6. The third-order valence-electron chi connectivity index (χ3n) is 8.91. The summed E-state index contributed by atoms with van der Waals surface area (Å²) < 4.78 is 10.3. The monoisotopic (exact) mass is 630 g/mol. The molecule has 0 aliphatic rings. The molecule has 4 heteroatoms. The van der Waals surface area contributed by atoms with Gasteiger partial charge in [0, 0.05) is 11.5 Å². The number of esters is 1. The summed E-state index contributed by atoms with van der Waals surface area (Å²) in [7, 11) is 0. The predicted octanol–water partition coefficient (Wildman–Crippen LogP) is 9.86. The number of unbranched alkanes of at least 4 members (excludes halogenated alkanes) is 2. The molecule has 4 nitrogen and oxygen atoms in total. The summed E-state index contributed by atoms with van der Waals surface area (Å²) in [6, 6.07) is 31.3. The van der Waals surface area contributed by atoms with Crippen molar-refractivity contribution in [3.63, 3.8) is 0 Å². The van der Waals surface area contributed by atoms with E-state index in [4.69, 9.17) is 9.47 Å². The fraction of sp³-hybridized carbons (Fsp3) is 0.349. The van der Waals surface area contributed by atoms with Crippen LogP contribution in [0.2, 0.25) is 0 Å². The SMILES string of the molecule is C=C(C)C(=O)OCC(COC=O)Cc1ccc(CCc2ccc(-c3ccc(-c4ccc(CCCCC)c(CC)c4)c(C)c3)cc2)cc1. The molecular formula is C43H50O4. The van der Waals surface area contributed by atoms with E-state index in [1.54, 1.807) is 6.92 Å². The molecule has 0 bridgehead atoms. The smallest absolute Gasteiger partial charge is 0.333 e. The van der Waals surface area contributed by atoms with Crippen LogP contribution in [0.4, 0.5) is 0 Å². The van der Waals surface area contributed by atoms with Crippen molar-refractivity contribution < 1.29 is 19.1 Å².